The lowest BCUT2D eigenvalue weighted by Gasteiger charge is -2.14. The summed E-state index contributed by atoms with van der Waals surface area (Å²) in [6.45, 7) is 0. The van der Waals surface area contributed by atoms with Crippen LogP contribution in [0.3, 0.4) is 0 Å². The molecule has 100 valence electrons. The van der Waals surface area contributed by atoms with Crippen molar-refractivity contribution in [1.82, 2.24) is 0 Å². The van der Waals surface area contributed by atoms with E-state index in [9.17, 15) is 15.2 Å². The molecule has 2 rings (SSSR count). The molecule has 0 aromatic heterocycles. The van der Waals surface area contributed by atoms with Crippen molar-refractivity contribution in [3.63, 3.8) is 0 Å². The topological polar surface area (TPSA) is 98.6 Å². The molecule has 0 unspecified atom stereocenters. The zero-order valence-electron chi connectivity index (χ0n) is 9.83. The third-order valence-electron chi connectivity index (χ3n) is 3.01. The average molecular weight is 275 g/mol. The SMILES string of the molecule is COc1cc([N+](=O)[O-])cc([C@H](N)C2CC2)c1O.Cl. The van der Waals surface area contributed by atoms with Gasteiger partial charge in [-0.25, -0.2) is 0 Å². The highest BCUT2D eigenvalue weighted by molar-refractivity contribution is 5.85. The van der Waals surface area contributed by atoms with Gasteiger partial charge >= 0.3 is 0 Å². The van der Waals surface area contributed by atoms with E-state index in [1.165, 1.54) is 19.2 Å². The Bertz CT molecular complexity index is 463. The summed E-state index contributed by atoms with van der Waals surface area (Å²) in [7, 11) is 1.35. The number of phenolic OH excluding ortho intramolecular Hbond substituents is 1. The van der Waals surface area contributed by atoms with Crippen LogP contribution in [0.5, 0.6) is 11.5 Å². The molecule has 1 atom stereocenters. The predicted molar refractivity (Wildman–Crippen MR) is 68.2 cm³/mol. The first-order valence-electron chi connectivity index (χ1n) is 5.35. The van der Waals surface area contributed by atoms with Crippen molar-refractivity contribution < 1.29 is 14.8 Å². The normalized spacial score (nSPS) is 15.7. The van der Waals surface area contributed by atoms with Crippen LogP contribution in [0.1, 0.15) is 24.4 Å². The van der Waals surface area contributed by atoms with Gasteiger partial charge in [0.2, 0.25) is 0 Å². The third kappa shape index (κ3) is 2.65. The number of hydrogen-bond acceptors (Lipinski definition) is 5. The Labute approximate surface area is 110 Å². The van der Waals surface area contributed by atoms with Gasteiger partial charge in [0.1, 0.15) is 0 Å². The van der Waals surface area contributed by atoms with Crippen LogP contribution in [0, 0.1) is 16.0 Å². The van der Waals surface area contributed by atoms with Crippen molar-refractivity contribution in [2.45, 2.75) is 18.9 Å². The van der Waals surface area contributed by atoms with Crippen LogP contribution in [0.15, 0.2) is 12.1 Å². The number of nitrogens with zero attached hydrogens (tertiary/aromatic N) is 1. The van der Waals surface area contributed by atoms with Crippen LogP contribution < -0.4 is 10.5 Å². The molecular weight excluding hydrogens is 260 g/mol. The van der Waals surface area contributed by atoms with Gasteiger partial charge in [0, 0.05) is 17.7 Å². The Morgan fingerprint density at radius 3 is 2.61 bits per heavy atom. The smallest absolute Gasteiger partial charge is 0.273 e. The summed E-state index contributed by atoms with van der Waals surface area (Å²) in [6, 6.07) is 2.14. The van der Waals surface area contributed by atoms with Gasteiger partial charge in [0.25, 0.3) is 5.69 Å². The number of methoxy groups -OCH3 is 1. The minimum Gasteiger partial charge on any atom is -0.504 e. The number of aromatic hydroxyl groups is 1. The summed E-state index contributed by atoms with van der Waals surface area (Å²) in [5.41, 5.74) is 6.22. The highest BCUT2D eigenvalue weighted by atomic mass is 35.5. The molecular formula is C11H15ClN2O4. The zero-order valence-corrected chi connectivity index (χ0v) is 10.6. The average Bonchev–Trinajstić information content (AvgIpc) is 3.12. The maximum Gasteiger partial charge on any atom is 0.273 e. The van der Waals surface area contributed by atoms with Crippen molar-refractivity contribution >= 4 is 18.1 Å². The summed E-state index contributed by atoms with van der Waals surface area (Å²) >= 11 is 0. The van der Waals surface area contributed by atoms with E-state index in [2.05, 4.69) is 0 Å². The number of ether oxygens (including phenoxy) is 1. The number of non-ortho nitro benzene ring substituents is 1. The molecule has 0 bridgehead atoms. The molecule has 1 saturated carbocycles. The lowest BCUT2D eigenvalue weighted by Crippen LogP contribution is -2.13. The Morgan fingerprint density at radius 1 is 1.56 bits per heavy atom. The van der Waals surface area contributed by atoms with Gasteiger partial charge in [-0.1, -0.05) is 0 Å². The molecule has 1 aromatic rings. The zero-order chi connectivity index (χ0) is 12.6. The first-order valence-corrected chi connectivity index (χ1v) is 5.35. The molecule has 1 aromatic carbocycles. The maximum atomic E-state index is 10.8. The predicted octanol–water partition coefficient (Wildman–Crippen LogP) is 2.14. The van der Waals surface area contributed by atoms with E-state index < -0.39 is 4.92 Å². The Kier molecular flexibility index (Phi) is 4.37. The first-order chi connectivity index (χ1) is 8.04. The largest absolute Gasteiger partial charge is 0.504 e. The van der Waals surface area contributed by atoms with Crippen LogP contribution >= 0.6 is 12.4 Å². The molecule has 1 fully saturated rings. The summed E-state index contributed by atoms with van der Waals surface area (Å²) in [6.07, 6.45) is 1.98. The molecule has 0 spiro atoms. The van der Waals surface area contributed by atoms with Gasteiger partial charge in [-0.3, -0.25) is 10.1 Å². The number of nitro benzene ring substituents is 1. The minimum atomic E-state index is -0.523. The number of nitrogens with two attached hydrogens (primary N) is 1. The maximum absolute atomic E-state index is 10.8. The van der Waals surface area contributed by atoms with E-state index >= 15 is 0 Å². The van der Waals surface area contributed by atoms with Gasteiger partial charge in [-0.05, 0) is 18.8 Å². The highest BCUT2D eigenvalue weighted by Crippen LogP contribution is 2.45. The van der Waals surface area contributed by atoms with Crippen LogP contribution in [0.2, 0.25) is 0 Å². The van der Waals surface area contributed by atoms with E-state index in [0.29, 0.717) is 11.5 Å². The molecule has 7 heteroatoms. The van der Waals surface area contributed by atoms with Crippen LogP contribution in [0.4, 0.5) is 5.69 Å². The van der Waals surface area contributed by atoms with Crippen molar-refractivity contribution in [1.29, 1.82) is 0 Å². The van der Waals surface area contributed by atoms with Gasteiger partial charge in [0.05, 0.1) is 18.1 Å². The third-order valence-corrected chi connectivity index (χ3v) is 3.01. The molecule has 18 heavy (non-hydrogen) atoms. The van der Waals surface area contributed by atoms with E-state index in [4.69, 9.17) is 10.5 Å². The lowest BCUT2D eigenvalue weighted by molar-refractivity contribution is -0.385. The summed E-state index contributed by atoms with van der Waals surface area (Å²) in [5.74, 6) is 0.287. The molecule has 1 aliphatic rings. The molecule has 1 aliphatic carbocycles. The van der Waals surface area contributed by atoms with Gasteiger partial charge in [-0.15, -0.1) is 12.4 Å². The molecule has 0 heterocycles. The van der Waals surface area contributed by atoms with E-state index in [1.54, 1.807) is 0 Å². The monoisotopic (exact) mass is 274 g/mol. The molecule has 6 nitrogen and oxygen atoms in total. The van der Waals surface area contributed by atoms with E-state index in [0.717, 1.165) is 12.8 Å². The van der Waals surface area contributed by atoms with Crippen molar-refractivity contribution in [3.8, 4) is 11.5 Å². The number of nitro groups is 1. The second-order valence-electron chi connectivity index (χ2n) is 4.21. The minimum absolute atomic E-state index is 0. The molecule has 0 aliphatic heterocycles. The number of phenols is 1. The Hall–Kier alpha value is -1.53. The fourth-order valence-corrected chi connectivity index (χ4v) is 1.84. The number of hydrogen-bond donors (Lipinski definition) is 2. The molecule has 0 radical (unpaired) electrons. The number of benzene rings is 1. The van der Waals surface area contributed by atoms with Crippen LogP contribution in [-0.2, 0) is 0 Å². The molecule has 0 saturated heterocycles. The molecule has 3 N–H and O–H groups in total. The van der Waals surface area contributed by atoms with Gasteiger partial charge in [0.15, 0.2) is 11.5 Å². The number of halogens is 1. The number of rotatable bonds is 4. The van der Waals surface area contributed by atoms with Crippen molar-refractivity contribution in [2.75, 3.05) is 7.11 Å². The Balaban J connectivity index is 0.00000162. The summed E-state index contributed by atoms with van der Waals surface area (Å²) in [5, 5.41) is 20.7. The summed E-state index contributed by atoms with van der Waals surface area (Å²) < 4.78 is 4.92. The van der Waals surface area contributed by atoms with Gasteiger partial charge < -0.3 is 15.6 Å². The van der Waals surface area contributed by atoms with E-state index in [-0.39, 0.29) is 35.6 Å². The molecule has 0 amide bonds. The second-order valence-corrected chi connectivity index (χ2v) is 4.21. The van der Waals surface area contributed by atoms with Crippen molar-refractivity contribution in [3.05, 3.63) is 27.8 Å². The van der Waals surface area contributed by atoms with Gasteiger partial charge in [-0.2, -0.15) is 0 Å². The Morgan fingerprint density at radius 2 is 2.17 bits per heavy atom. The fraction of sp³-hybridized carbons (Fsp3) is 0.455. The standard InChI is InChI=1S/C11H14N2O4.ClH/c1-17-9-5-7(13(15)16)4-8(11(9)14)10(12)6-2-3-6;/h4-6,10,14H,2-3,12H2,1H3;1H/t10-;/m1./s1. The van der Waals surface area contributed by atoms with E-state index in [1.807, 2.05) is 0 Å². The fourth-order valence-electron chi connectivity index (χ4n) is 1.84. The van der Waals surface area contributed by atoms with Crippen molar-refractivity contribution in [2.24, 2.45) is 11.7 Å². The van der Waals surface area contributed by atoms with Crippen LogP contribution in [-0.4, -0.2) is 17.1 Å². The lowest BCUT2D eigenvalue weighted by atomic mass is 10.0. The van der Waals surface area contributed by atoms with Crippen LogP contribution in [0.25, 0.3) is 0 Å². The second kappa shape index (κ2) is 5.41. The quantitative estimate of drug-likeness (QED) is 0.647. The first kappa shape index (κ1) is 14.5. The summed E-state index contributed by atoms with van der Waals surface area (Å²) in [4.78, 5) is 10.2. The highest BCUT2D eigenvalue weighted by Gasteiger charge is 2.33.